The predicted octanol–water partition coefficient (Wildman–Crippen LogP) is 2.22. The maximum Gasteiger partial charge on any atom is 0.341 e. The van der Waals surface area contributed by atoms with Gasteiger partial charge in [-0.3, -0.25) is 4.79 Å². The van der Waals surface area contributed by atoms with E-state index in [-0.39, 0.29) is 22.2 Å². The topological polar surface area (TPSA) is 66.4 Å². The summed E-state index contributed by atoms with van der Waals surface area (Å²) < 4.78 is 4.68. The maximum absolute atomic E-state index is 12.2. The summed E-state index contributed by atoms with van der Waals surface area (Å²) in [7, 11) is 0. The molecule has 0 heterocycles. The molecule has 0 atom stereocenters. The Kier molecular flexibility index (Phi) is 5.39. The average Bonchev–Trinajstić information content (AvgIpc) is 2.32. The van der Waals surface area contributed by atoms with Crippen LogP contribution < -0.4 is 5.11 Å². The van der Waals surface area contributed by atoms with Crippen molar-refractivity contribution in [3.05, 3.63) is 39.4 Å². The van der Waals surface area contributed by atoms with Crippen LogP contribution in [0.4, 0.5) is 0 Å². The highest BCUT2D eigenvalue weighted by Crippen LogP contribution is 2.26. The second-order valence-corrected chi connectivity index (χ2v) is 4.45. The second kappa shape index (κ2) is 6.59. The maximum atomic E-state index is 12.2. The molecule has 0 radical (unpaired) electrons. The van der Waals surface area contributed by atoms with Gasteiger partial charge in [0.2, 0.25) is 0 Å². The van der Waals surface area contributed by atoms with Crippen LogP contribution in [0, 0.1) is 0 Å². The lowest BCUT2D eigenvalue weighted by Crippen LogP contribution is -2.20. The van der Waals surface area contributed by atoms with Crippen LogP contribution in [-0.2, 0) is 14.3 Å². The van der Waals surface area contributed by atoms with Crippen LogP contribution in [0.5, 0.6) is 0 Å². The Morgan fingerprint density at radius 2 is 1.95 bits per heavy atom. The smallest absolute Gasteiger partial charge is 0.341 e. The molecule has 0 aliphatic heterocycles. The van der Waals surface area contributed by atoms with Crippen LogP contribution >= 0.6 is 23.2 Å². The molecule has 0 aromatic heterocycles. The largest absolute Gasteiger partial charge is 0.871 e. The molecule has 1 aromatic rings. The number of carbonyl (C=O) groups excluding carboxylic acids is 2. The van der Waals surface area contributed by atoms with Gasteiger partial charge < -0.3 is 9.84 Å². The molecule has 0 saturated heterocycles. The summed E-state index contributed by atoms with van der Waals surface area (Å²) in [5.41, 5.74) is -0.571. The molecule has 0 fully saturated rings. The van der Waals surface area contributed by atoms with Crippen molar-refractivity contribution in [3.63, 3.8) is 0 Å². The van der Waals surface area contributed by atoms with Crippen LogP contribution in [0.1, 0.15) is 19.4 Å². The minimum Gasteiger partial charge on any atom is -0.871 e. The van der Waals surface area contributed by atoms with Crippen LogP contribution in [0.25, 0.3) is 5.76 Å². The van der Waals surface area contributed by atoms with Crippen molar-refractivity contribution in [1.82, 2.24) is 0 Å². The lowest BCUT2D eigenvalue weighted by atomic mass is 10.1. The highest BCUT2D eigenvalue weighted by molar-refractivity contribution is 6.35. The van der Waals surface area contributed by atoms with Crippen molar-refractivity contribution in [2.75, 3.05) is 6.61 Å². The Balaban J connectivity index is 3.41. The van der Waals surface area contributed by atoms with Gasteiger partial charge in [0.05, 0.1) is 12.2 Å². The Bertz CT molecular complexity index is 550. The highest BCUT2D eigenvalue weighted by atomic mass is 35.5. The Hall–Kier alpha value is -1.52. The number of ether oxygens (including phenoxy) is 1. The summed E-state index contributed by atoms with van der Waals surface area (Å²) in [6.07, 6.45) is 0. The number of halogens is 2. The molecule has 0 aliphatic carbocycles. The first-order valence-electron chi connectivity index (χ1n) is 5.43. The number of carbonyl (C=O) groups is 2. The number of ketones is 1. The standard InChI is InChI=1S/C13H12Cl2O4/c1-3-19-13(18)11(7(2)16)12(17)9-6-8(14)4-5-10(9)15/h4-6,17H,3H2,1-2H3/p-1/b12-11+. The van der Waals surface area contributed by atoms with Crippen LogP contribution in [0.3, 0.4) is 0 Å². The van der Waals surface area contributed by atoms with Crippen LogP contribution in [-0.4, -0.2) is 18.4 Å². The van der Waals surface area contributed by atoms with E-state index in [9.17, 15) is 14.7 Å². The fraction of sp³-hybridized carbons (Fsp3) is 0.231. The SMILES string of the molecule is CCOC(=O)/C(C(C)=O)=C(/[O-])c1cc(Cl)ccc1Cl. The molecule has 19 heavy (non-hydrogen) atoms. The Morgan fingerprint density at radius 3 is 2.47 bits per heavy atom. The Labute approximate surface area is 120 Å². The third-order valence-corrected chi connectivity index (χ3v) is 2.80. The van der Waals surface area contributed by atoms with E-state index in [0.717, 1.165) is 6.92 Å². The van der Waals surface area contributed by atoms with Gasteiger partial charge in [0.1, 0.15) is 0 Å². The summed E-state index contributed by atoms with van der Waals surface area (Å²) in [5, 5.41) is 12.6. The number of rotatable bonds is 4. The summed E-state index contributed by atoms with van der Waals surface area (Å²) in [6.45, 7) is 2.75. The van der Waals surface area contributed by atoms with E-state index in [0.29, 0.717) is 0 Å². The summed E-state index contributed by atoms with van der Waals surface area (Å²) >= 11 is 11.6. The van der Waals surface area contributed by atoms with E-state index in [1.165, 1.54) is 18.2 Å². The lowest BCUT2D eigenvalue weighted by molar-refractivity contribution is -0.245. The zero-order chi connectivity index (χ0) is 14.6. The summed E-state index contributed by atoms with van der Waals surface area (Å²) in [5.74, 6) is -2.44. The van der Waals surface area contributed by atoms with Gasteiger partial charge in [0.25, 0.3) is 0 Å². The molecule has 6 heteroatoms. The first kappa shape index (κ1) is 15.5. The molecule has 1 rings (SSSR count). The molecule has 0 saturated carbocycles. The number of hydrogen-bond donors (Lipinski definition) is 0. The number of benzene rings is 1. The molecular formula is C13H11Cl2O4-. The molecule has 0 bridgehead atoms. The predicted molar refractivity (Wildman–Crippen MR) is 70.7 cm³/mol. The molecule has 1 aromatic carbocycles. The third-order valence-electron chi connectivity index (χ3n) is 2.23. The molecule has 0 spiro atoms. The molecule has 4 nitrogen and oxygen atoms in total. The van der Waals surface area contributed by atoms with E-state index >= 15 is 0 Å². The van der Waals surface area contributed by atoms with Crippen LogP contribution in [0.15, 0.2) is 23.8 Å². The van der Waals surface area contributed by atoms with E-state index in [1.54, 1.807) is 6.92 Å². The quantitative estimate of drug-likeness (QED) is 0.281. The van der Waals surface area contributed by atoms with E-state index in [2.05, 4.69) is 4.74 Å². The molecular weight excluding hydrogens is 291 g/mol. The van der Waals surface area contributed by atoms with Crippen molar-refractivity contribution in [2.24, 2.45) is 0 Å². The summed E-state index contributed by atoms with van der Waals surface area (Å²) in [4.78, 5) is 23.1. The minimum atomic E-state index is -0.962. The van der Waals surface area contributed by atoms with Crippen molar-refractivity contribution < 1.29 is 19.4 Å². The van der Waals surface area contributed by atoms with E-state index in [4.69, 9.17) is 23.2 Å². The van der Waals surface area contributed by atoms with Crippen molar-refractivity contribution >= 4 is 40.7 Å². The molecule has 0 unspecified atom stereocenters. The highest BCUT2D eigenvalue weighted by Gasteiger charge is 2.18. The van der Waals surface area contributed by atoms with Gasteiger partial charge in [-0.05, 0) is 37.6 Å². The molecule has 102 valence electrons. The van der Waals surface area contributed by atoms with Crippen molar-refractivity contribution in [1.29, 1.82) is 0 Å². The Morgan fingerprint density at radius 1 is 1.32 bits per heavy atom. The second-order valence-electron chi connectivity index (χ2n) is 3.60. The van der Waals surface area contributed by atoms with E-state index < -0.39 is 23.1 Å². The fourth-order valence-electron chi connectivity index (χ4n) is 1.41. The fourth-order valence-corrected chi connectivity index (χ4v) is 1.78. The zero-order valence-corrected chi connectivity index (χ0v) is 11.8. The van der Waals surface area contributed by atoms with Gasteiger partial charge in [-0.25, -0.2) is 4.79 Å². The van der Waals surface area contributed by atoms with Crippen LogP contribution in [0.2, 0.25) is 10.0 Å². The first-order valence-corrected chi connectivity index (χ1v) is 6.18. The van der Waals surface area contributed by atoms with Crippen molar-refractivity contribution in [2.45, 2.75) is 13.8 Å². The van der Waals surface area contributed by atoms with Gasteiger partial charge in [-0.1, -0.05) is 29.0 Å². The van der Waals surface area contributed by atoms with E-state index in [1.807, 2.05) is 0 Å². The molecule has 0 N–H and O–H groups in total. The molecule has 0 aliphatic rings. The number of esters is 1. The normalized spacial score (nSPS) is 11.8. The summed E-state index contributed by atoms with van der Waals surface area (Å²) in [6, 6.07) is 4.22. The van der Waals surface area contributed by atoms with Gasteiger partial charge in [0, 0.05) is 10.0 Å². The first-order chi connectivity index (χ1) is 8.88. The zero-order valence-electron chi connectivity index (χ0n) is 10.3. The van der Waals surface area contributed by atoms with Gasteiger partial charge >= 0.3 is 5.97 Å². The molecule has 0 amide bonds. The van der Waals surface area contributed by atoms with Gasteiger partial charge in [0.15, 0.2) is 5.78 Å². The number of Topliss-reactive ketones (excluding diaryl/α,β-unsaturated/α-hetero) is 1. The average molecular weight is 302 g/mol. The van der Waals surface area contributed by atoms with Crippen molar-refractivity contribution in [3.8, 4) is 0 Å². The third kappa shape index (κ3) is 3.72. The van der Waals surface area contributed by atoms with Gasteiger partial charge in [-0.15, -0.1) is 0 Å². The number of hydrogen-bond acceptors (Lipinski definition) is 4. The monoisotopic (exact) mass is 301 g/mol. The lowest BCUT2D eigenvalue weighted by Gasteiger charge is -2.18. The van der Waals surface area contributed by atoms with Gasteiger partial charge in [-0.2, -0.15) is 0 Å². The minimum absolute atomic E-state index is 0.00702.